The molecule has 8 heteroatoms. The van der Waals surface area contributed by atoms with Gasteiger partial charge in [-0.05, 0) is 0 Å². The van der Waals surface area contributed by atoms with Gasteiger partial charge in [-0.1, -0.05) is 11.8 Å². The number of amidine groups is 1. The third-order valence-electron chi connectivity index (χ3n) is 3.73. The third kappa shape index (κ3) is 3.56. The van der Waals surface area contributed by atoms with E-state index in [9.17, 15) is 9.59 Å². The summed E-state index contributed by atoms with van der Waals surface area (Å²) in [5, 5.41) is 0.362. The Morgan fingerprint density at radius 1 is 1.14 bits per heavy atom. The van der Waals surface area contributed by atoms with E-state index in [1.165, 1.54) is 11.8 Å². The Morgan fingerprint density at radius 3 is 2.43 bits per heavy atom. The van der Waals surface area contributed by atoms with E-state index in [-0.39, 0.29) is 23.5 Å². The van der Waals surface area contributed by atoms with Gasteiger partial charge in [0.1, 0.15) is 5.25 Å². The van der Waals surface area contributed by atoms with E-state index in [0.29, 0.717) is 39.5 Å². The number of carbonyl (C=O) groups excluding carboxylic acids is 2. The summed E-state index contributed by atoms with van der Waals surface area (Å²) in [7, 11) is 0. The molecule has 0 aromatic heterocycles. The van der Waals surface area contributed by atoms with Crippen LogP contribution in [0.3, 0.4) is 0 Å². The molecule has 0 aromatic carbocycles. The molecule has 0 spiro atoms. The summed E-state index contributed by atoms with van der Waals surface area (Å²) in [6.07, 6.45) is 0.223. The fourth-order valence-corrected chi connectivity index (χ4v) is 3.61. The Hall–Kier alpha value is -1.12. The maximum atomic E-state index is 12.2. The minimum atomic E-state index is -0.377. The molecular formula is C13H19N3O4S. The number of morpholine rings is 2. The van der Waals surface area contributed by atoms with E-state index in [2.05, 4.69) is 9.89 Å². The topological polar surface area (TPSA) is 71.4 Å². The van der Waals surface area contributed by atoms with E-state index in [0.717, 1.165) is 18.3 Å². The van der Waals surface area contributed by atoms with Crippen LogP contribution in [0.25, 0.3) is 0 Å². The molecule has 3 heterocycles. The Balaban J connectivity index is 1.53. The van der Waals surface area contributed by atoms with Crippen LogP contribution in [0.1, 0.15) is 6.42 Å². The maximum Gasteiger partial charge on any atom is 0.262 e. The molecule has 3 aliphatic heterocycles. The minimum Gasteiger partial charge on any atom is -0.378 e. The highest BCUT2D eigenvalue weighted by Crippen LogP contribution is 2.28. The zero-order valence-electron chi connectivity index (χ0n) is 11.8. The van der Waals surface area contributed by atoms with Crippen molar-refractivity contribution in [2.45, 2.75) is 11.7 Å². The first-order valence-electron chi connectivity index (χ1n) is 7.21. The van der Waals surface area contributed by atoms with Crippen LogP contribution in [0.2, 0.25) is 0 Å². The Morgan fingerprint density at radius 2 is 1.76 bits per heavy atom. The van der Waals surface area contributed by atoms with E-state index in [1.807, 2.05) is 0 Å². The molecule has 116 valence electrons. The number of thioether (sulfide) groups is 1. The molecule has 2 saturated heterocycles. The Kier molecular flexibility index (Phi) is 4.77. The molecule has 7 nitrogen and oxygen atoms in total. The first-order valence-corrected chi connectivity index (χ1v) is 8.09. The minimum absolute atomic E-state index is 0.0163. The zero-order valence-corrected chi connectivity index (χ0v) is 12.6. The number of amides is 2. The lowest BCUT2D eigenvalue weighted by molar-refractivity contribution is -0.136. The third-order valence-corrected chi connectivity index (χ3v) is 4.95. The highest BCUT2D eigenvalue weighted by Gasteiger charge is 2.34. The van der Waals surface area contributed by atoms with Crippen LogP contribution in [0.15, 0.2) is 4.99 Å². The summed E-state index contributed by atoms with van der Waals surface area (Å²) in [4.78, 5) is 32.1. The standard InChI is InChI=1S/C13H19N3O4S/c17-11(15-1-5-19-6-2-15)9-10-12(18)14-13(21-10)16-3-7-20-8-4-16/h10H,1-9H2. The molecular weight excluding hydrogens is 294 g/mol. The molecule has 2 amide bonds. The number of rotatable bonds is 2. The van der Waals surface area contributed by atoms with E-state index in [4.69, 9.17) is 9.47 Å². The number of aliphatic imine (C=N–C) groups is 1. The van der Waals surface area contributed by atoms with Crippen molar-refractivity contribution in [2.24, 2.45) is 4.99 Å². The van der Waals surface area contributed by atoms with Crippen molar-refractivity contribution < 1.29 is 19.1 Å². The molecule has 0 saturated carbocycles. The molecule has 0 aromatic rings. The fraction of sp³-hybridized carbons (Fsp3) is 0.769. The summed E-state index contributed by atoms with van der Waals surface area (Å²) < 4.78 is 10.5. The predicted octanol–water partition coefficient (Wildman–Crippen LogP) is -0.434. The van der Waals surface area contributed by atoms with Gasteiger partial charge in [-0.2, -0.15) is 4.99 Å². The average Bonchev–Trinajstić information content (AvgIpc) is 2.90. The molecule has 1 atom stereocenters. The van der Waals surface area contributed by atoms with Gasteiger partial charge in [-0.15, -0.1) is 0 Å². The largest absolute Gasteiger partial charge is 0.378 e. The summed E-state index contributed by atoms with van der Waals surface area (Å²) >= 11 is 1.41. The lowest BCUT2D eigenvalue weighted by Gasteiger charge is -2.28. The molecule has 21 heavy (non-hydrogen) atoms. The van der Waals surface area contributed by atoms with Crippen molar-refractivity contribution >= 4 is 28.7 Å². The Bertz CT molecular complexity index is 445. The lowest BCUT2D eigenvalue weighted by atomic mass is 10.2. The van der Waals surface area contributed by atoms with Crippen LogP contribution >= 0.6 is 11.8 Å². The number of carbonyl (C=O) groups is 2. The van der Waals surface area contributed by atoms with Gasteiger partial charge < -0.3 is 19.3 Å². The van der Waals surface area contributed by atoms with Crippen molar-refractivity contribution in [3.8, 4) is 0 Å². The number of hydrogen-bond donors (Lipinski definition) is 0. The lowest BCUT2D eigenvalue weighted by Crippen LogP contribution is -2.42. The maximum absolute atomic E-state index is 12.2. The van der Waals surface area contributed by atoms with E-state index in [1.54, 1.807) is 4.90 Å². The highest BCUT2D eigenvalue weighted by molar-refractivity contribution is 8.15. The molecule has 0 aliphatic carbocycles. The van der Waals surface area contributed by atoms with Crippen molar-refractivity contribution in [3.05, 3.63) is 0 Å². The monoisotopic (exact) mass is 313 g/mol. The van der Waals surface area contributed by atoms with Crippen LogP contribution < -0.4 is 0 Å². The summed E-state index contributed by atoms with van der Waals surface area (Å²) in [6.45, 7) is 5.20. The molecule has 1 unspecified atom stereocenters. The van der Waals surface area contributed by atoms with Crippen molar-refractivity contribution in [3.63, 3.8) is 0 Å². The molecule has 0 N–H and O–H groups in total. The normalized spacial score (nSPS) is 27.0. The van der Waals surface area contributed by atoms with Crippen LogP contribution in [0.5, 0.6) is 0 Å². The molecule has 0 bridgehead atoms. The van der Waals surface area contributed by atoms with Gasteiger partial charge in [-0.25, -0.2) is 0 Å². The van der Waals surface area contributed by atoms with Crippen LogP contribution in [0.4, 0.5) is 0 Å². The van der Waals surface area contributed by atoms with Gasteiger partial charge in [0, 0.05) is 32.6 Å². The second-order valence-electron chi connectivity index (χ2n) is 5.14. The van der Waals surface area contributed by atoms with Crippen molar-refractivity contribution in [1.82, 2.24) is 9.80 Å². The van der Waals surface area contributed by atoms with Gasteiger partial charge in [0.2, 0.25) is 5.91 Å². The SMILES string of the molecule is O=C1N=C(N2CCOCC2)SC1CC(=O)N1CCOCC1. The van der Waals surface area contributed by atoms with Gasteiger partial charge in [0.05, 0.1) is 26.4 Å². The summed E-state index contributed by atoms with van der Waals surface area (Å²) in [5.41, 5.74) is 0. The Labute approximate surface area is 127 Å². The van der Waals surface area contributed by atoms with Crippen molar-refractivity contribution in [1.29, 1.82) is 0 Å². The average molecular weight is 313 g/mol. The molecule has 0 radical (unpaired) electrons. The quantitative estimate of drug-likeness (QED) is 0.689. The number of ether oxygens (including phenoxy) is 2. The van der Waals surface area contributed by atoms with Crippen LogP contribution in [0, 0.1) is 0 Å². The van der Waals surface area contributed by atoms with Crippen molar-refractivity contribution in [2.75, 3.05) is 52.6 Å². The molecule has 3 aliphatic rings. The predicted molar refractivity (Wildman–Crippen MR) is 78.2 cm³/mol. The van der Waals surface area contributed by atoms with Crippen LogP contribution in [-0.4, -0.2) is 84.6 Å². The summed E-state index contributed by atoms with van der Waals surface area (Å²) in [5.74, 6) is -0.175. The second-order valence-corrected chi connectivity index (χ2v) is 6.31. The molecule has 2 fully saturated rings. The fourth-order valence-electron chi connectivity index (χ4n) is 2.50. The van der Waals surface area contributed by atoms with E-state index < -0.39 is 0 Å². The first kappa shape index (κ1) is 14.8. The number of hydrogen-bond acceptors (Lipinski definition) is 6. The van der Waals surface area contributed by atoms with Crippen LogP contribution in [-0.2, 0) is 19.1 Å². The second kappa shape index (κ2) is 6.76. The van der Waals surface area contributed by atoms with Gasteiger partial charge >= 0.3 is 0 Å². The molecule has 3 rings (SSSR count). The highest BCUT2D eigenvalue weighted by atomic mass is 32.2. The van der Waals surface area contributed by atoms with Gasteiger partial charge in [-0.3, -0.25) is 9.59 Å². The number of nitrogens with zero attached hydrogens (tertiary/aromatic N) is 3. The first-order chi connectivity index (χ1) is 10.2. The van der Waals surface area contributed by atoms with Gasteiger partial charge in [0.15, 0.2) is 5.17 Å². The zero-order chi connectivity index (χ0) is 14.7. The summed E-state index contributed by atoms with van der Waals surface area (Å²) in [6, 6.07) is 0. The van der Waals surface area contributed by atoms with E-state index >= 15 is 0 Å². The van der Waals surface area contributed by atoms with Gasteiger partial charge in [0.25, 0.3) is 5.91 Å². The smallest absolute Gasteiger partial charge is 0.262 e.